The van der Waals surface area contributed by atoms with E-state index in [0.717, 1.165) is 12.5 Å². The molecule has 1 saturated carbocycles. The zero-order chi connectivity index (χ0) is 14.4. The SMILES string of the molecule is N/C(=N/O)c1ccc(CNCCOCC2CC2)c(F)c1. The fraction of sp³-hybridized carbons (Fsp3) is 0.500. The van der Waals surface area contributed by atoms with Crippen molar-refractivity contribution in [3.63, 3.8) is 0 Å². The summed E-state index contributed by atoms with van der Waals surface area (Å²) in [5.74, 6) is 0.288. The standard InChI is InChI=1S/C14H20FN3O2/c15-13-7-11(14(16)18-19)3-4-12(13)8-17-5-6-20-9-10-1-2-10/h3-4,7,10,17,19H,1-2,5-6,8-9H2,(H2,16,18). The normalized spacial score (nSPS) is 15.6. The highest BCUT2D eigenvalue weighted by molar-refractivity contribution is 5.97. The van der Waals surface area contributed by atoms with Crippen molar-refractivity contribution < 1.29 is 14.3 Å². The first kappa shape index (κ1) is 14.7. The summed E-state index contributed by atoms with van der Waals surface area (Å²) in [6.45, 7) is 2.59. The third kappa shape index (κ3) is 4.47. The molecule has 0 heterocycles. The van der Waals surface area contributed by atoms with E-state index in [-0.39, 0.29) is 11.7 Å². The van der Waals surface area contributed by atoms with Crippen LogP contribution in [0.3, 0.4) is 0 Å². The van der Waals surface area contributed by atoms with Crippen LogP contribution in [0.2, 0.25) is 0 Å². The average molecular weight is 281 g/mol. The zero-order valence-corrected chi connectivity index (χ0v) is 11.3. The van der Waals surface area contributed by atoms with E-state index in [1.54, 1.807) is 12.1 Å². The van der Waals surface area contributed by atoms with E-state index in [1.165, 1.54) is 18.9 Å². The van der Waals surface area contributed by atoms with Gasteiger partial charge in [-0.05, 0) is 24.8 Å². The van der Waals surface area contributed by atoms with Crippen LogP contribution in [-0.4, -0.2) is 30.8 Å². The highest BCUT2D eigenvalue weighted by Crippen LogP contribution is 2.28. The molecule has 20 heavy (non-hydrogen) atoms. The Hall–Kier alpha value is -1.66. The number of halogens is 1. The van der Waals surface area contributed by atoms with Gasteiger partial charge in [0.25, 0.3) is 0 Å². The van der Waals surface area contributed by atoms with Gasteiger partial charge in [0.05, 0.1) is 6.61 Å². The minimum Gasteiger partial charge on any atom is -0.409 e. The van der Waals surface area contributed by atoms with E-state index in [1.807, 2.05) is 0 Å². The molecule has 5 nitrogen and oxygen atoms in total. The first-order valence-electron chi connectivity index (χ1n) is 6.75. The maximum Gasteiger partial charge on any atom is 0.170 e. The van der Waals surface area contributed by atoms with E-state index < -0.39 is 0 Å². The Balaban J connectivity index is 1.71. The largest absolute Gasteiger partial charge is 0.409 e. The van der Waals surface area contributed by atoms with Crippen LogP contribution in [0.15, 0.2) is 23.4 Å². The molecule has 0 spiro atoms. The quantitative estimate of drug-likeness (QED) is 0.221. The van der Waals surface area contributed by atoms with Gasteiger partial charge in [0.15, 0.2) is 5.84 Å². The minimum atomic E-state index is -0.375. The molecule has 1 fully saturated rings. The molecule has 0 aromatic heterocycles. The maximum absolute atomic E-state index is 13.8. The van der Waals surface area contributed by atoms with Gasteiger partial charge in [0, 0.05) is 30.8 Å². The Morgan fingerprint density at radius 1 is 1.50 bits per heavy atom. The van der Waals surface area contributed by atoms with Gasteiger partial charge < -0.3 is 21.0 Å². The predicted octanol–water partition coefficient (Wildman–Crippen LogP) is 1.44. The number of nitrogens with two attached hydrogens (primary N) is 1. The van der Waals surface area contributed by atoms with Crippen LogP contribution in [0.1, 0.15) is 24.0 Å². The summed E-state index contributed by atoms with van der Waals surface area (Å²) in [6, 6.07) is 4.51. The van der Waals surface area contributed by atoms with Gasteiger partial charge in [-0.1, -0.05) is 17.3 Å². The van der Waals surface area contributed by atoms with Crippen LogP contribution in [0, 0.1) is 11.7 Å². The van der Waals surface area contributed by atoms with E-state index in [9.17, 15) is 4.39 Å². The number of rotatable bonds is 8. The molecular weight excluding hydrogens is 261 g/mol. The second-order valence-corrected chi connectivity index (χ2v) is 4.99. The fourth-order valence-corrected chi connectivity index (χ4v) is 1.81. The van der Waals surface area contributed by atoms with E-state index in [0.29, 0.717) is 30.8 Å². The summed E-state index contributed by atoms with van der Waals surface area (Å²) >= 11 is 0. The molecule has 1 aliphatic rings. The van der Waals surface area contributed by atoms with Gasteiger partial charge in [0.2, 0.25) is 0 Å². The molecule has 0 amide bonds. The van der Waals surface area contributed by atoms with Crippen molar-refractivity contribution in [3.8, 4) is 0 Å². The number of nitrogens with one attached hydrogen (secondary N) is 1. The van der Waals surface area contributed by atoms with Crippen LogP contribution in [0.5, 0.6) is 0 Å². The second kappa shape index (κ2) is 7.21. The Morgan fingerprint density at radius 3 is 2.95 bits per heavy atom. The second-order valence-electron chi connectivity index (χ2n) is 4.99. The third-order valence-electron chi connectivity index (χ3n) is 3.25. The molecule has 1 aromatic carbocycles. The lowest BCUT2D eigenvalue weighted by Crippen LogP contribution is -2.21. The first-order chi connectivity index (χ1) is 9.70. The van der Waals surface area contributed by atoms with Gasteiger partial charge in [-0.25, -0.2) is 4.39 Å². The van der Waals surface area contributed by atoms with Crippen molar-refractivity contribution in [2.24, 2.45) is 16.8 Å². The molecule has 4 N–H and O–H groups in total. The molecule has 0 bridgehead atoms. The summed E-state index contributed by atoms with van der Waals surface area (Å²) in [5, 5.41) is 14.5. The van der Waals surface area contributed by atoms with Crippen molar-refractivity contribution in [1.29, 1.82) is 0 Å². The lowest BCUT2D eigenvalue weighted by molar-refractivity contribution is 0.126. The molecule has 6 heteroatoms. The summed E-state index contributed by atoms with van der Waals surface area (Å²) in [6.07, 6.45) is 2.57. The Labute approximate surface area is 117 Å². The predicted molar refractivity (Wildman–Crippen MR) is 74.2 cm³/mol. The van der Waals surface area contributed by atoms with Crippen LogP contribution < -0.4 is 11.1 Å². The number of hydrogen-bond acceptors (Lipinski definition) is 4. The van der Waals surface area contributed by atoms with Gasteiger partial charge >= 0.3 is 0 Å². The van der Waals surface area contributed by atoms with Gasteiger partial charge in [-0.3, -0.25) is 0 Å². The Bertz CT molecular complexity index is 475. The van der Waals surface area contributed by atoms with Gasteiger partial charge in [0.1, 0.15) is 5.82 Å². The highest BCUT2D eigenvalue weighted by Gasteiger charge is 2.20. The molecule has 1 aliphatic carbocycles. The maximum atomic E-state index is 13.8. The average Bonchev–Trinajstić information content (AvgIpc) is 3.27. The number of ether oxygens (including phenoxy) is 1. The molecule has 0 unspecified atom stereocenters. The first-order valence-corrected chi connectivity index (χ1v) is 6.75. The number of nitrogens with zero attached hydrogens (tertiary/aromatic N) is 1. The monoisotopic (exact) mass is 281 g/mol. The number of benzene rings is 1. The summed E-state index contributed by atoms with van der Waals surface area (Å²) in [5.41, 5.74) is 6.30. The number of oxime groups is 1. The lowest BCUT2D eigenvalue weighted by atomic mass is 10.1. The Morgan fingerprint density at radius 2 is 2.30 bits per heavy atom. The molecule has 0 aliphatic heterocycles. The van der Waals surface area contributed by atoms with E-state index in [2.05, 4.69) is 10.5 Å². The van der Waals surface area contributed by atoms with Crippen molar-refractivity contribution in [3.05, 3.63) is 35.1 Å². The summed E-state index contributed by atoms with van der Waals surface area (Å²) in [7, 11) is 0. The molecule has 0 atom stereocenters. The molecular formula is C14H20FN3O2. The molecule has 110 valence electrons. The topological polar surface area (TPSA) is 79.9 Å². The lowest BCUT2D eigenvalue weighted by Gasteiger charge is -2.08. The van der Waals surface area contributed by atoms with Crippen LogP contribution in [0.25, 0.3) is 0 Å². The van der Waals surface area contributed by atoms with Gasteiger partial charge in [-0.15, -0.1) is 0 Å². The van der Waals surface area contributed by atoms with Crippen molar-refractivity contribution in [2.45, 2.75) is 19.4 Å². The minimum absolute atomic E-state index is 0.100. The third-order valence-corrected chi connectivity index (χ3v) is 3.25. The molecule has 0 radical (unpaired) electrons. The highest BCUT2D eigenvalue weighted by atomic mass is 19.1. The van der Waals surface area contributed by atoms with Crippen molar-refractivity contribution in [1.82, 2.24) is 5.32 Å². The van der Waals surface area contributed by atoms with Crippen molar-refractivity contribution in [2.75, 3.05) is 19.8 Å². The Kier molecular flexibility index (Phi) is 5.31. The van der Waals surface area contributed by atoms with E-state index >= 15 is 0 Å². The molecule has 1 aromatic rings. The number of amidine groups is 1. The number of hydrogen-bond donors (Lipinski definition) is 3. The fourth-order valence-electron chi connectivity index (χ4n) is 1.81. The van der Waals surface area contributed by atoms with Gasteiger partial charge in [-0.2, -0.15) is 0 Å². The summed E-state index contributed by atoms with van der Waals surface area (Å²) < 4.78 is 19.2. The van der Waals surface area contributed by atoms with Crippen LogP contribution in [0.4, 0.5) is 4.39 Å². The van der Waals surface area contributed by atoms with Crippen molar-refractivity contribution >= 4 is 5.84 Å². The van der Waals surface area contributed by atoms with E-state index in [4.69, 9.17) is 15.7 Å². The summed E-state index contributed by atoms with van der Waals surface area (Å²) in [4.78, 5) is 0. The van der Waals surface area contributed by atoms with Crippen LogP contribution >= 0.6 is 0 Å². The zero-order valence-electron chi connectivity index (χ0n) is 11.3. The van der Waals surface area contributed by atoms with Crippen LogP contribution in [-0.2, 0) is 11.3 Å². The molecule has 2 rings (SSSR count). The smallest absolute Gasteiger partial charge is 0.170 e. The molecule has 0 saturated heterocycles.